The molecular weight excluding hydrogens is 871 g/mol. The monoisotopic (exact) mass is 966 g/mol. The van der Waals surface area contributed by atoms with Gasteiger partial charge in [-0.15, -0.1) is 0 Å². The average Bonchev–Trinajstić information content (AvgIpc) is 3.34. The molecule has 0 aromatic heterocycles. The van der Waals surface area contributed by atoms with Crippen LogP contribution in [0.1, 0.15) is 181 Å². The molecule has 2 rings (SSSR count). The summed E-state index contributed by atoms with van der Waals surface area (Å²) in [6, 6.07) is -0.954. The summed E-state index contributed by atoms with van der Waals surface area (Å²) in [7, 11) is 0. The van der Waals surface area contributed by atoms with Gasteiger partial charge in [0.1, 0.15) is 48.8 Å². The molecule has 0 saturated carbocycles. The lowest BCUT2D eigenvalue weighted by Gasteiger charge is -2.46. The number of allylic oxidation sites excluding steroid dienone is 9. The van der Waals surface area contributed by atoms with Gasteiger partial charge in [0.25, 0.3) is 0 Å². The summed E-state index contributed by atoms with van der Waals surface area (Å²) in [4.78, 5) is 13.1. The maximum Gasteiger partial charge on any atom is 0.220 e. The Morgan fingerprint density at radius 3 is 1.53 bits per heavy atom. The topological polar surface area (TPSA) is 228 Å². The number of hydrogen-bond donors (Lipinski definition) is 9. The number of nitrogens with one attached hydrogen (secondary N) is 1. The largest absolute Gasteiger partial charge is 0.394 e. The summed E-state index contributed by atoms with van der Waals surface area (Å²) in [6.45, 7) is 2.61. The Morgan fingerprint density at radius 2 is 1.01 bits per heavy atom. The van der Waals surface area contributed by atoms with E-state index in [9.17, 15) is 45.6 Å². The van der Waals surface area contributed by atoms with Crippen molar-refractivity contribution in [2.75, 3.05) is 19.8 Å². The van der Waals surface area contributed by atoms with E-state index in [1.54, 1.807) is 6.08 Å². The highest BCUT2D eigenvalue weighted by Gasteiger charge is 2.51. The first-order valence-corrected chi connectivity index (χ1v) is 26.5. The zero-order valence-corrected chi connectivity index (χ0v) is 41.8. The standard InChI is InChI=1S/C54H95NO13/c1-3-5-7-9-11-13-15-17-18-19-20-21-22-23-24-26-27-29-31-33-35-37-43(58)42(55-46(59)38-36-34-32-30-28-25-16-14-12-10-8-6-4-2)41-65-53-51(64)49(62)52(45(40-57)67-53)68-54-50(63)48(61)47(60)44(39-56)66-54/h6,8,12,14,25,28,32,34-35,37,42-45,47-54,56-58,60-64H,3-5,7,9-11,13,15-24,26-27,29-31,33,36,38-41H2,1-2H3,(H,55,59)/b8-6-,14-12-,28-25-,34-32-,37-35+. The molecule has 68 heavy (non-hydrogen) atoms. The summed E-state index contributed by atoms with van der Waals surface area (Å²) in [5.74, 6) is -0.321. The van der Waals surface area contributed by atoms with Crippen LogP contribution in [-0.2, 0) is 23.7 Å². The van der Waals surface area contributed by atoms with Crippen LogP contribution in [0.4, 0.5) is 0 Å². The van der Waals surface area contributed by atoms with Crippen molar-refractivity contribution >= 4 is 5.91 Å². The van der Waals surface area contributed by atoms with Crippen molar-refractivity contribution < 1.29 is 64.6 Å². The van der Waals surface area contributed by atoms with Gasteiger partial charge in [0.05, 0.1) is 32.0 Å². The number of amides is 1. The maximum atomic E-state index is 13.1. The van der Waals surface area contributed by atoms with Gasteiger partial charge < -0.3 is 65.1 Å². The number of unbranched alkanes of at least 4 members (excludes halogenated alkanes) is 19. The van der Waals surface area contributed by atoms with Gasteiger partial charge in [-0.2, -0.15) is 0 Å². The molecule has 9 N–H and O–H groups in total. The average molecular weight is 966 g/mol. The Labute approximate surface area is 409 Å². The van der Waals surface area contributed by atoms with Gasteiger partial charge in [-0.05, 0) is 44.9 Å². The van der Waals surface area contributed by atoms with Crippen LogP contribution in [0.5, 0.6) is 0 Å². The summed E-state index contributed by atoms with van der Waals surface area (Å²) < 4.78 is 22.7. The molecule has 0 radical (unpaired) electrons. The van der Waals surface area contributed by atoms with Crippen LogP contribution in [0, 0.1) is 0 Å². The summed E-state index contributed by atoms with van der Waals surface area (Å²) >= 11 is 0. The van der Waals surface area contributed by atoms with Crippen molar-refractivity contribution in [2.24, 2.45) is 0 Å². The highest BCUT2D eigenvalue weighted by Crippen LogP contribution is 2.30. The summed E-state index contributed by atoms with van der Waals surface area (Å²) in [6.07, 6.45) is 32.8. The van der Waals surface area contributed by atoms with Crippen LogP contribution in [0.25, 0.3) is 0 Å². The van der Waals surface area contributed by atoms with Gasteiger partial charge in [-0.25, -0.2) is 0 Å². The molecular formula is C54H95NO13. The van der Waals surface area contributed by atoms with Gasteiger partial charge in [0.2, 0.25) is 5.91 Å². The molecule has 2 fully saturated rings. The van der Waals surface area contributed by atoms with Crippen LogP contribution < -0.4 is 5.32 Å². The van der Waals surface area contributed by atoms with E-state index in [1.165, 1.54) is 109 Å². The van der Waals surface area contributed by atoms with Crippen molar-refractivity contribution in [1.82, 2.24) is 5.32 Å². The molecule has 2 saturated heterocycles. The smallest absolute Gasteiger partial charge is 0.220 e. The first kappa shape index (κ1) is 61.8. The van der Waals surface area contributed by atoms with Gasteiger partial charge in [-0.1, -0.05) is 190 Å². The third kappa shape index (κ3) is 26.8. The second-order valence-electron chi connectivity index (χ2n) is 18.6. The van der Waals surface area contributed by atoms with E-state index in [4.69, 9.17) is 18.9 Å². The molecule has 12 atom stereocenters. The summed E-state index contributed by atoms with van der Waals surface area (Å²) in [5, 5.41) is 86.7. The lowest BCUT2D eigenvalue weighted by Crippen LogP contribution is -2.65. The zero-order chi connectivity index (χ0) is 49.6. The van der Waals surface area contributed by atoms with E-state index in [-0.39, 0.29) is 18.9 Å². The molecule has 14 heteroatoms. The minimum absolute atomic E-state index is 0.158. The molecule has 2 aliphatic heterocycles. The highest BCUT2D eigenvalue weighted by atomic mass is 16.7. The molecule has 0 bridgehead atoms. The molecule has 0 aliphatic carbocycles. The van der Waals surface area contributed by atoms with Crippen LogP contribution in [0.15, 0.2) is 60.8 Å². The molecule has 0 aromatic carbocycles. The molecule has 2 heterocycles. The molecule has 14 nitrogen and oxygen atoms in total. The highest BCUT2D eigenvalue weighted by molar-refractivity contribution is 5.76. The molecule has 1 amide bonds. The number of hydrogen-bond acceptors (Lipinski definition) is 13. The lowest BCUT2D eigenvalue weighted by atomic mass is 9.97. The van der Waals surface area contributed by atoms with Crippen molar-refractivity contribution in [3.05, 3.63) is 60.8 Å². The zero-order valence-electron chi connectivity index (χ0n) is 41.8. The Hall–Kier alpha value is -2.31. The van der Waals surface area contributed by atoms with E-state index >= 15 is 0 Å². The Balaban J connectivity index is 1.84. The first-order valence-electron chi connectivity index (χ1n) is 26.5. The predicted octanol–water partition coefficient (Wildman–Crippen LogP) is 7.44. The number of carbonyl (C=O) groups excluding carboxylic acids is 1. The van der Waals surface area contributed by atoms with Crippen molar-refractivity contribution in [1.29, 1.82) is 0 Å². The van der Waals surface area contributed by atoms with E-state index in [2.05, 4.69) is 55.6 Å². The van der Waals surface area contributed by atoms with Gasteiger partial charge in [0, 0.05) is 6.42 Å². The molecule has 2 aliphatic rings. The number of carbonyl (C=O) groups is 1. The molecule has 394 valence electrons. The normalized spacial score (nSPS) is 26.9. The Morgan fingerprint density at radius 1 is 0.544 bits per heavy atom. The Kier molecular flexibility index (Phi) is 36.6. The molecule has 12 unspecified atom stereocenters. The Bertz CT molecular complexity index is 1370. The predicted molar refractivity (Wildman–Crippen MR) is 267 cm³/mol. The third-order valence-corrected chi connectivity index (χ3v) is 12.7. The van der Waals surface area contributed by atoms with E-state index in [0.717, 1.165) is 44.9 Å². The van der Waals surface area contributed by atoms with Crippen molar-refractivity contribution in [2.45, 2.75) is 254 Å². The van der Waals surface area contributed by atoms with Gasteiger partial charge in [-0.3, -0.25) is 4.79 Å². The SMILES string of the molecule is CC/C=C\C/C=C\C/C=C\C/C=C\CCC(=O)NC(COC1OC(CO)C(OC2OC(CO)C(O)C(O)C2O)C(O)C1O)C(O)/C=C/CCCCCCCCCCCCCCCCCCCCC. The molecule has 0 aromatic rings. The number of aliphatic hydroxyl groups is 8. The van der Waals surface area contributed by atoms with E-state index in [0.29, 0.717) is 6.42 Å². The van der Waals surface area contributed by atoms with Gasteiger partial charge in [0.15, 0.2) is 12.6 Å². The molecule has 0 spiro atoms. The number of rotatable bonds is 40. The fraction of sp³-hybridized carbons (Fsp3) is 0.796. The third-order valence-electron chi connectivity index (χ3n) is 12.7. The van der Waals surface area contributed by atoms with Crippen LogP contribution in [0.3, 0.4) is 0 Å². The van der Waals surface area contributed by atoms with E-state index in [1.807, 2.05) is 18.2 Å². The number of aliphatic hydroxyl groups excluding tert-OH is 8. The lowest BCUT2D eigenvalue weighted by molar-refractivity contribution is -0.359. The van der Waals surface area contributed by atoms with Crippen molar-refractivity contribution in [3.63, 3.8) is 0 Å². The van der Waals surface area contributed by atoms with Gasteiger partial charge >= 0.3 is 0 Å². The van der Waals surface area contributed by atoms with Crippen molar-refractivity contribution in [3.8, 4) is 0 Å². The fourth-order valence-corrected chi connectivity index (χ4v) is 8.42. The summed E-state index contributed by atoms with van der Waals surface area (Å²) in [5.41, 5.74) is 0. The first-order chi connectivity index (χ1) is 33.1. The quantitative estimate of drug-likeness (QED) is 0.0215. The van der Waals surface area contributed by atoms with Crippen LogP contribution in [-0.4, -0.2) is 140 Å². The van der Waals surface area contributed by atoms with Crippen LogP contribution >= 0.6 is 0 Å². The minimum Gasteiger partial charge on any atom is -0.394 e. The second kappa shape index (κ2) is 40.3. The van der Waals surface area contributed by atoms with Crippen LogP contribution in [0.2, 0.25) is 0 Å². The van der Waals surface area contributed by atoms with E-state index < -0.39 is 86.8 Å². The second-order valence-corrected chi connectivity index (χ2v) is 18.6. The number of ether oxygens (including phenoxy) is 4. The fourth-order valence-electron chi connectivity index (χ4n) is 8.42. The maximum absolute atomic E-state index is 13.1. The minimum atomic E-state index is -1.80.